The first-order valence-electron chi connectivity index (χ1n) is 6.86. The minimum absolute atomic E-state index is 0.296. The largest absolute Gasteiger partial charge is 0.354 e. The molecule has 0 spiro atoms. The van der Waals surface area contributed by atoms with Crippen LogP contribution in [0.1, 0.15) is 31.7 Å². The molecule has 0 aliphatic rings. The quantitative estimate of drug-likeness (QED) is 0.777. The van der Waals surface area contributed by atoms with Gasteiger partial charge in [-0.2, -0.15) is 4.98 Å². The molecule has 0 saturated carbocycles. The number of nitrogens with zero attached hydrogens (tertiary/aromatic N) is 4. The Kier molecular flexibility index (Phi) is 5.23. The van der Waals surface area contributed by atoms with Crippen molar-refractivity contribution in [3.05, 3.63) is 46.9 Å². The topological polar surface area (TPSA) is 72.7 Å². The van der Waals surface area contributed by atoms with Crippen LogP contribution >= 0.6 is 0 Å². The molecule has 106 valence electrons. The highest BCUT2D eigenvalue weighted by molar-refractivity contribution is 5.20. The Morgan fingerprint density at radius 1 is 1.25 bits per heavy atom. The fraction of sp³-hybridized carbons (Fsp3) is 0.429. The maximum absolute atomic E-state index is 11.9. The van der Waals surface area contributed by atoms with Crippen LogP contribution in [0.15, 0.2) is 35.6 Å². The van der Waals surface area contributed by atoms with Crippen LogP contribution in [0, 0.1) is 0 Å². The van der Waals surface area contributed by atoms with Crippen molar-refractivity contribution in [3.63, 3.8) is 0 Å². The van der Waals surface area contributed by atoms with Crippen LogP contribution in [0.2, 0.25) is 0 Å². The third kappa shape index (κ3) is 4.15. The standard InChI is InChI=1S/C14H19N5O/c1-2-3-4-7-16-13-17-11-19(14(20)18-13)10-12-5-8-15-9-6-12/h5-6,8-9,11H,2-4,7,10H2,1H3,(H,16,18,20). The second kappa shape index (κ2) is 7.37. The summed E-state index contributed by atoms with van der Waals surface area (Å²) >= 11 is 0. The molecular weight excluding hydrogens is 254 g/mol. The van der Waals surface area contributed by atoms with Crippen LogP contribution < -0.4 is 11.0 Å². The number of aromatic nitrogens is 4. The molecule has 0 aliphatic carbocycles. The zero-order valence-corrected chi connectivity index (χ0v) is 11.6. The summed E-state index contributed by atoms with van der Waals surface area (Å²) in [4.78, 5) is 23.9. The Labute approximate surface area is 117 Å². The van der Waals surface area contributed by atoms with Crippen LogP contribution in [0.25, 0.3) is 0 Å². The molecule has 1 N–H and O–H groups in total. The van der Waals surface area contributed by atoms with Crippen molar-refractivity contribution >= 4 is 5.95 Å². The van der Waals surface area contributed by atoms with Crippen LogP contribution in [0.5, 0.6) is 0 Å². The van der Waals surface area contributed by atoms with E-state index < -0.39 is 0 Å². The molecule has 2 rings (SSSR count). The molecule has 6 heteroatoms. The van der Waals surface area contributed by atoms with Crippen molar-refractivity contribution in [2.45, 2.75) is 32.7 Å². The van der Waals surface area contributed by atoms with Gasteiger partial charge in [0, 0.05) is 18.9 Å². The molecule has 0 aromatic carbocycles. The van der Waals surface area contributed by atoms with Gasteiger partial charge < -0.3 is 5.32 Å². The SMILES string of the molecule is CCCCCNc1ncn(Cc2ccncc2)c(=O)n1. The van der Waals surface area contributed by atoms with Crippen molar-refractivity contribution in [3.8, 4) is 0 Å². The van der Waals surface area contributed by atoms with E-state index in [9.17, 15) is 4.79 Å². The van der Waals surface area contributed by atoms with Crippen molar-refractivity contribution in [1.29, 1.82) is 0 Å². The number of hydrogen-bond acceptors (Lipinski definition) is 5. The van der Waals surface area contributed by atoms with Gasteiger partial charge in [0.1, 0.15) is 6.33 Å². The van der Waals surface area contributed by atoms with Gasteiger partial charge in [-0.1, -0.05) is 19.8 Å². The Morgan fingerprint density at radius 3 is 2.75 bits per heavy atom. The maximum Gasteiger partial charge on any atom is 0.352 e. The summed E-state index contributed by atoms with van der Waals surface area (Å²) in [6.45, 7) is 3.40. The minimum atomic E-state index is -0.296. The number of nitrogens with one attached hydrogen (secondary N) is 1. The number of rotatable bonds is 7. The van der Waals surface area contributed by atoms with E-state index in [2.05, 4.69) is 27.2 Å². The smallest absolute Gasteiger partial charge is 0.352 e. The van der Waals surface area contributed by atoms with E-state index >= 15 is 0 Å². The molecular formula is C14H19N5O. The van der Waals surface area contributed by atoms with Crippen molar-refractivity contribution in [2.24, 2.45) is 0 Å². The van der Waals surface area contributed by atoms with Gasteiger partial charge >= 0.3 is 5.69 Å². The minimum Gasteiger partial charge on any atom is -0.354 e. The normalized spacial score (nSPS) is 10.4. The molecule has 2 aromatic heterocycles. The third-order valence-corrected chi connectivity index (χ3v) is 2.93. The summed E-state index contributed by atoms with van der Waals surface area (Å²) in [5, 5.41) is 3.07. The lowest BCUT2D eigenvalue weighted by atomic mass is 10.2. The van der Waals surface area contributed by atoms with Crippen molar-refractivity contribution < 1.29 is 0 Å². The van der Waals surface area contributed by atoms with Gasteiger partial charge in [0.15, 0.2) is 0 Å². The average molecular weight is 273 g/mol. The molecule has 6 nitrogen and oxygen atoms in total. The van der Waals surface area contributed by atoms with Gasteiger partial charge in [-0.15, -0.1) is 0 Å². The Balaban J connectivity index is 1.97. The molecule has 0 fully saturated rings. The van der Waals surface area contributed by atoms with E-state index in [1.54, 1.807) is 12.4 Å². The number of pyridine rings is 1. The van der Waals surface area contributed by atoms with E-state index in [4.69, 9.17) is 0 Å². The molecule has 0 amide bonds. The Morgan fingerprint density at radius 2 is 2.05 bits per heavy atom. The molecule has 20 heavy (non-hydrogen) atoms. The van der Waals surface area contributed by atoms with Crippen LogP contribution in [0.4, 0.5) is 5.95 Å². The fourth-order valence-corrected chi connectivity index (χ4v) is 1.81. The second-order valence-corrected chi connectivity index (χ2v) is 4.58. The molecule has 0 saturated heterocycles. The van der Waals surface area contributed by atoms with Gasteiger partial charge in [-0.25, -0.2) is 9.78 Å². The molecule has 0 aliphatic heterocycles. The van der Waals surface area contributed by atoms with Gasteiger partial charge in [-0.05, 0) is 24.1 Å². The summed E-state index contributed by atoms with van der Waals surface area (Å²) in [6, 6.07) is 3.73. The fourth-order valence-electron chi connectivity index (χ4n) is 1.81. The molecule has 2 heterocycles. The van der Waals surface area contributed by atoms with E-state index in [-0.39, 0.29) is 5.69 Å². The zero-order valence-electron chi connectivity index (χ0n) is 11.6. The highest BCUT2D eigenvalue weighted by Gasteiger charge is 2.02. The molecule has 2 aromatic rings. The zero-order chi connectivity index (χ0) is 14.2. The first kappa shape index (κ1) is 14.2. The predicted octanol–water partition coefficient (Wildman–Crippen LogP) is 1.68. The summed E-state index contributed by atoms with van der Waals surface area (Å²) < 4.78 is 1.48. The molecule has 0 radical (unpaired) electrons. The summed E-state index contributed by atoms with van der Waals surface area (Å²) in [5.74, 6) is 0.400. The lowest BCUT2D eigenvalue weighted by Crippen LogP contribution is -2.25. The lowest BCUT2D eigenvalue weighted by molar-refractivity contribution is 0.694. The van der Waals surface area contributed by atoms with Gasteiger partial charge in [0.25, 0.3) is 0 Å². The maximum atomic E-state index is 11.9. The average Bonchev–Trinajstić information content (AvgIpc) is 2.47. The van der Waals surface area contributed by atoms with E-state index in [0.29, 0.717) is 12.5 Å². The van der Waals surface area contributed by atoms with Gasteiger partial charge in [-0.3, -0.25) is 9.55 Å². The molecule has 0 bridgehead atoms. The summed E-state index contributed by atoms with van der Waals surface area (Å²) in [6.07, 6.45) is 8.30. The highest BCUT2D eigenvalue weighted by atomic mass is 16.1. The van der Waals surface area contributed by atoms with E-state index in [1.165, 1.54) is 10.9 Å². The van der Waals surface area contributed by atoms with Crippen LogP contribution in [-0.4, -0.2) is 26.1 Å². The van der Waals surface area contributed by atoms with Gasteiger partial charge in [0.2, 0.25) is 5.95 Å². The summed E-state index contributed by atoms with van der Waals surface area (Å²) in [7, 11) is 0. The van der Waals surface area contributed by atoms with Crippen LogP contribution in [-0.2, 0) is 6.54 Å². The van der Waals surface area contributed by atoms with Crippen LogP contribution in [0.3, 0.4) is 0 Å². The lowest BCUT2D eigenvalue weighted by Gasteiger charge is -2.07. The monoisotopic (exact) mass is 273 g/mol. The number of anilines is 1. The number of hydrogen-bond donors (Lipinski definition) is 1. The molecule has 0 atom stereocenters. The summed E-state index contributed by atoms with van der Waals surface area (Å²) in [5.41, 5.74) is 0.698. The Bertz CT molecular complexity index is 582. The van der Waals surface area contributed by atoms with Crippen molar-refractivity contribution in [2.75, 3.05) is 11.9 Å². The predicted molar refractivity (Wildman–Crippen MR) is 77.6 cm³/mol. The Hall–Kier alpha value is -2.24. The van der Waals surface area contributed by atoms with E-state index in [0.717, 1.165) is 31.4 Å². The highest BCUT2D eigenvalue weighted by Crippen LogP contribution is 2.00. The third-order valence-electron chi connectivity index (χ3n) is 2.93. The second-order valence-electron chi connectivity index (χ2n) is 4.58. The van der Waals surface area contributed by atoms with Gasteiger partial charge in [0.05, 0.1) is 6.54 Å². The first-order valence-corrected chi connectivity index (χ1v) is 6.86. The van der Waals surface area contributed by atoms with Crippen molar-refractivity contribution in [1.82, 2.24) is 19.5 Å². The molecule has 0 unspecified atom stereocenters. The van der Waals surface area contributed by atoms with E-state index in [1.807, 2.05) is 12.1 Å². The first-order chi connectivity index (χ1) is 9.79. The number of unbranched alkanes of at least 4 members (excludes halogenated alkanes) is 2.